The van der Waals surface area contributed by atoms with E-state index in [4.69, 9.17) is 4.74 Å². The van der Waals surface area contributed by atoms with E-state index in [2.05, 4.69) is 31.2 Å². The molecular formula is C23H40O3. The fraction of sp³-hybridized carbons (Fsp3) is 0.783. The second-order valence-electron chi connectivity index (χ2n) is 7.73. The van der Waals surface area contributed by atoms with E-state index in [1.54, 1.807) is 0 Å². The van der Waals surface area contributed by atoms with Gasteiger partial charge in [0.15, 0.2) is 0 Å². The average Bonchev–Trinajstić information content (AvgIpc) is 3.06. The van der Waals surface area contributed by atoms with E-state index in [1.807, 2.05) is 0 Å². The Morgan fingerprint density at radius 1 is 1.19 bits per heavy atom. The first-order valence-corrected chi connectivity index (χ1v) is 10.8. The standard InChI is InChI=1S/C23H40O3/c1-3-4-5-6-7-10-14-21-16-13-17-22(21)15-11-8-9-12-18-23(25)19-26-20(2)24/h10,13-14,16,21-23,25H,3-9,11-12,15,17-19H2,1-2H3/t21-,22-,23?/m0/s1. The predicted molar refractivity (Wildman–Crippen MR) is 109 cm³/mol. The Morgan fingerprint density at radius 3 is 2.73 bits per heavy atom. The fourth-order valence-electron chi connectivity index (χ4n) is 3.64. The first-order chi connectivity index (χ1) is 12.6. The number of carbonyl (C=O) groups is 1. The molecule has 0 aromatic rings. The summed E-state index contributed by atoms with van der Waals surface area (Å²) in [7, 11) is 0. The Balaban J connectivity index is 2.04. The molecule has 0 saturated heterocycles. The summed E-state index contributed by atoms with van der Waals surface area (Å²) in [5.41, 5.74) is 0. The number of aliphatic hydroxyl groups excluding tert-OH is 1. The summed E-state index contributed by atoms with van der Waals surface area (Å²) in [6.45, 7) is 3.77. The molecule has 3 heteroatoms. The van der Waals surface area contributed by atoms with Crippen LogP contribution in [0, 0.1) is 11.8 Å². The Labute approximate surface area is 160 Å². The molecule has 1 aliphatic rings. The van der Waals surface area contributed by atoms with Crippen molar-refractivity contribution in [2.45, 2.75) is 97.0 Å². The number of hydrogen-bond acceptors (Lipinski definition) is 3. The zero-order valence-electron chi connectivity index (χ0n) is 17.0. The first-order valence-electron chi connectivity index (χ1n) is 10.8. The maximum Gasteiger partial charge on any atom is 0.302 e. The minimum Gasteiger partial charge on any atom is -0.463 e. The van der Waals surface area contributed by atoms with Crippen molar-refractivity contribution in [2.75, 3.05) is 6.61 Å². The minimum absolute atomic E-state index is 0.134. The van der Waals surface area contributed by atoms with Gasteiger partial charge in [0.05, 0.1) is 6.10 Å². The maximum absolute atomic E-state index is 10.7. The molecule has 0 aliphatic heterocycles. The number of ether oxygens (including phenoxy) is 1. The smallest absolute Gasteiger partial charge is 0.302 e. The van der Waals surface area contributed by atoms with Gasteiger partial charge in [0, 0.05) is 6.92 Å². The quantitative estimate of drug-likeness (QED) is 0.221. The van der Waals surface area contributed by atoms with Crippen LogP contribution < -0.4 is 0 Å². The van der Waals surface area contributed by atoms with Crippen molar-refractivity contribution < 1.29 is 14.6 Å². The average molecular weight is 365 g/mol. The van der Waals surface area contributed by atoms with Crippen LogP contribution in [0.5, 0.6) is 0 Å². The van der Waals surface area contributed by atoms with Gasteiger partial charge in [-0.1, -0.05) is 76.2 Å². The van der Waals surface area contributed by atoms with Gasteiger partial charge >= 0.3 is 5.97 Å². The van der Waals surface area contributed by atoms with Crippen molar-refractivity contribution in [3.8, 4) is 0 Å². The number of unbranched alkanes of at least 4 members (excludes halogenated alkanes) is 7. The van der Waals surface area contributed by atoms with E-state index >= 15 is 0 Å². The minimum atomic E-state index is -0.509. The number of allylic oxidation sites excluding steroid dienone is 4. The van der Waals surface area contributed by atoms with Gasteiger partial charge in [0.1, 0.15) is 6.61 Å². The third-order valence-corrected chi connectivity index (χ3v) is 5.27. The second-order valence-corrected chi connectivity index (χ2v) is 7.73. The molecule has 150 valence electrons. The monoisotopic (exact) mass is 364 g/mol. The highest BCUT2D eigenvalue weighted by molar-refractivity contribution is 5.65. The van der Waals surface area contributed by atoms with Crippen molar-refractivity contribution in [1.29, 1.82) is 0 Å². The van der Waals surface area contributed by atoms with Crippen molar-refractivity contribution in [2.24, 2.45) is 11.8 Å². The van der Waals surface area contributed by atoms with Gasteiger partial charge < -0.3 is 9.84 Å². The van der Waals surface area contributed by atoms with E-state index in [-0.39, 0.29) is 12.6 Å². The number of esters is 1. The van der Waals surface area contributed by atoms with E-state index < -0.39 is 6.10 Å². The molecule has 0 bridgehead atoms. The molecule has 1 rings (SSSR count). The third-order valence-electron chi connectivity index (χ3n) is 5.27. The molecule has 0 fully saturated rings. The Morgan fingerprint density at radius 2 is 1.96 bits per heavy atom. The van der Waals surface area contributed by atoms with Crippen LogP contribution in [0.15, 0.2) is 24.3 Å². The maximum atomic E-state index is 10.7. The molecule has 0 aromatic carbocycles. The normalized spacial score (nSPS) is 20.7. The molecule has 0 aromatic heterocycles. The van der Waals surface area contributed by atoms with Gasteiger partial charge in [0.2, 0.25) is 0 Å². The van der Waals surface area contributed by atoms with Crippen molar-refractivity contribution in [3.63, 3.8) is 0 Å². The lowest BCUT2D eigenvalue weighted by molar-refractivity contribution is -0.144. The van der Waals surface area contributed by atoms with Crippen LogP contribution >= 0.6 is 0 Å². The molecule has 0 saturated carbocycles. The molecule has 3 nitrogen and oxygen atoms in total. The van der Waals surface area contributed by atoms with Crippen molar-refractivity contribution in [3.05, 3.63) is 24.3 Å². The highest BCUT2D eigenvalue weighted by Crippen LogP contribution is 2.31. The Kier molecular flexibility index (Phi) is 13.3. The third kappa shape index (κ3) is 11.5. The van der Waals surface area contributed by atoms with Crippen LogP contribution in [0.4, 0.5) is 0 Å². The van der Waals surface area contributed by atoms with Gasteiger partial charge in [-0.05, 0) is 43.9 Å². The molecular weight excluding hydrogens is 324 g/mol. The van der Waals surface area contributed by atoms with Gasteiger partial charge in [-0.3, -0.25) is 4.79 Å². The summed E-state index contributed by atoms with van der Waals surface area (Å²) in [4.78, 5) is 10.7. The number of hydrogen-bond donors (Lipinski definition) is 1. The summed E-state index contributed by atoms with van der Waals surface area (Å²) < 4.78 is 4.82. The highest BCUT2D eigenvalue weighted by atomic mass is 16.5. The molecule has 0 heterocycles. The summed E-state index contributed by atoms with van der Waals surface area (Å²) in [6, 6.07) is 0. The van der Waals surface area contributed by atoms with E-state index in [0.29, 0.717) is 5.92 Å². The van der Waals surface area contributed by atoms with Gasteiger partial charge in [-0.25, -0.2) is 0 Å². The number of aliphatic hydroxyl groups is 1. The molecule has 0 radical (unpaired) electrons. The Hall–Kier alpha value is -1.09. The van der Waals surface area contributed by atoms with Gasteiger partial charge in [0.25, 0.3) is 0 Å². The van der Waals surface area contributed by atoms with Crippen LogP contribution in [-0.2, 0) is 9.53 Å². The fourth-order valence-corrected chi connectivity index (χ4v) is 3.64. The van der Waals surface area contributed by atoms with Gasteiger partial charge in [-0.2, -0.15) is 0 Å². The van der Waals surface area contributed by atoms with Crippen LogP contribution in [0.1, 0.15) is 90.9 Å². The van der Waals surface area contributed by atoms with E-state index in [9.17, 15) is 9.90 Å². The summed E-state index contributed by atoms with van der Waals surface area (Å²) in [5, 5.41) is 9.72. The summed E-state index contributed by atoms with van der Waals surface area (Å²) >= 11 is 0. The molecule has 0 amide bonds. The molecule has 26 heavy (non-hydrogen) atoms. The topological polar surface area (TPSA) is 46.5 Å². The van der Waals surface area contributed by atoms with Crippen LogP contribution in [-0.4, -0.2) is 23.8 Å². The summed E-state index contributed by atoms with van der Waals surface area (Å²) in [5.74, 6) is 1.11. The largest absolute Gasteiger partial charge is 0.463 e. The molecule has 1 aliphatic carbocycles. The SMILES string of the molecule is CCCCCCC=C[C@H]1C=CC[C@@H]1CCCCCCC(O)COC(C)=O. The van der Waals surface area contributed by atoms with Crippen LogP contribution in [0.3, 0.4) is 0 Å². The predicted octanol–water partition coefficient (Wildman–Crippen LogP) is 5.97. The number of rotatable bonds is 15. The molecule has 0 spiro atoms. The summed E-state index contributed by atoms with van der Waals surface area (Å²) in [6.07, 6.45) is 23.6. The van der Waals surface area contributed by atoms with Crippen molar-refractivity contribution >= 4 is 5.97 Å². The molecule has 1 N–H and O–H groups in total. The van der Waals surface area contributed by atoms with Crippen LogP contribution in [0.25, 0.3) is 0 Å². The van der Waals surface area contributed by atoms with E-state index in [0.717, 1.165) is 25.2 Å². The lowest BCUT2D eigenvalue weighted by Gasteiger charge is -2.16. The number of carbonyl (C=O) groups excluding carboxylic acids is 1. The lowest BCUT2D eigenvalue weighted by Crippen LogP contribution is -2.17. The Bertz CT molecular complexity index is 414. The van der Waals surface area contributed by atoms with Gasteiger partial charge in [-0.15, -0.1) is 0 Å². The van der Waals surface area contributed by atoms with E-state index in [1.165, 1.54) is 64.7 Å². The van der Waals surface area contributed by atoms with Crippen molar-refractivity contribution in [1.82, 2.24) is 0 Å². The first kappa shape index (κ1) is 23.0. The highest BCUT2D eigenvalue weighted by Gasteiger charge is 2.19. The molecule has 1 unspecified atom stereocenters. The zero-order chi connectivity index (χ0) is 19.0. The molecule has 3 atom stereocenters. The zero-order valence-corrected chi connectivity index (χ0v) is 17.0. The lowest BCUT2D eigenvalue weighted by atomic mass is 9.89. The second kappa shape index (κ2) is 15.0. The van der Waals surface area contributed by atoms with Crippen LogP contribution in [0.2, 0.25) is 0 Å².